The van der Waals surface area contributed by atoms with Crippen molar-refractivity contribution in [2.45, 2.75) is 19.3 Å². The van der Waals surface area contributed by atoms with Crippen LogP contribution in [0, 0.1) is 0 Å². The number of benzene rings is 1. The zero-order valence-electron chi connectivity index (χ0n) is 9.19. The maximum absolute atomic E-state index is 10.5. The van der Waals surface area contributed by atoms with E-state index in [1.54, 1.807) is 0 Å². The number of aromatic carboxylic acids is 1. The molecule has 0 bridgehead atoms. The van der Waals surface area contributed by atoms with Gasteiger partial charge in [0.2, 0.25) is 0 Å². The van der Waals surface area contributed by atoms with E-state index in [2.05, 4.69) is 5.32 Å². The Morgan fingerprint density at radius 3 is 2.00 bits per heavy atom. The molecule has 1 saturated heterocycles. The minimum absolute atomic E-state index is 0.139. The molecular weight excluding hydrogens is 206 g/mol. The molecule has 0 amide bonds. The third kappa shape index (κ3) is 4.79. The molecule has 1 aliphatic rings. The van der Waals surface area contributed by atoms with Gasteiger partial charge in [0.1, 0.15) is 0 Å². The fraction of sp³-hybridized carbons (Fsp3) is 0.417. The first-order valence-electron chi connectivity index (χ1n) is 5.52. The van der Waals surface area contributed by atoms with Crippen LogP contribution in [-0.4, -0.2) is 24.2 Å². The van der Waals surface area contributed by atoms with Crippen LogP contribution >= 0.6 is 0 Å². The van der Waals surface area contributed by atoms with Gasteiger partial charge in [-0.3, -0.25) is 0 Å². The van der Waals surface area contributed by atoms with Gasteiger partial charge in [0.05, 0.1) is 18.7 Å². The Morgan fingerprint density at radius 2 is 1.69 bits per heavy atom. The Hall–Kier alpha value is -1.55. The average molecular weight is 223 g/mol. The fourth-order valence-electron chi connectivity index (χ4n) is 1.50. The lowest BCUT2D eigenvalue weighted by Crippen LogP contribution is -2.85. The highest BCUT2D eigenvalue weighted by atomic mass is 16.4. The number of rotatable bonds is 1. The number of quaternary nitrogens is 1. The summed E-state index contributed by atoms with van der Waals surface area (Å²) >= 11 is 0. The molecule has 0 aromatic heterocycles. The molecule has 2 rings (SSSR count). The number of hydrogen-bond donors (Lipinski definition) is 2. The molecule has 1 fully saturated rings. The maximum atomic E-state index is 10.5. The lowest BCUT2D eigenvalue weighted by Gasteiger charge is -2.05. The number of hydrogen-bond acceptors (Lipinski definition) is 2. The molecule has 16 heavy (non-hydrogen) atoms. The van der Waals surface area contributed by atoms with E-state index in [0.29, 0.717) is 0 Å². The molecule has 4 heteroatoms. The molecule has 3 N–H and O–H groups in total. The number of carboxylic acid groups (broad SMARTS) is 1. The molecule has 1 heterocycles. The molecule has 4 nitrogen and oxygen atoms in total. The molecule has 1 aromatic carbocycles. The minimum Gasteiger partial charge on any atom is -0.872 e. The van der Waals surface area contributed by atoms with Crippen molar-refractivity contribution in [1.29, 1.82) is 0 Å². The monoisotopic (exact) mass is 223 g/mol. The summed E-state index contributed by atoms with van der Waals surface area (Å²) in [7, 11) is 0. The van der Waals surface area contributed by atoms with Gasteiger partial charge in [0.25, 0.3) is 0 Å². The van der Waals surface area contributed by atoms with Crippen LogP contribution in [0.1, 0.15) is 29.6 Å². The van der Waals surface area contributed by atoms with E-state index in [-0.39, 0.29) is 11.3 Å². The predicted molar refractivity (Wildman–Crippen MR) is 58.4 cm³/mol. The number of nitrogens with two attached hydrogens (primary N) is 1. The molecule has 0 spiro atoms. The molecule has 0 saturated carbocycles. The summed E-state index contributed by atoms with van der Waals surface area (Å²) < 4.78 is 0. The highest BCUT2D eigenvalue weighted by molar-refractivity contribution is 5.87. The van der Waals surface area contributed by atoms with Crippen LogP contribution in [0.2, 0.25) is 0 Å². The van der Waals surface area contributed by atoms with Crippen molar-refractivity contribution in [1.82, 2.24) is 0 Å². The molecular formula is C12H17NO3. The minimum atomic E-state index is -1.01. The van der Waals surface area contributed by atoms with Crippen molar-refractivity contribution in [3.8, 4) is 5.75 Å². The van der Waals surface area contributed by atoms with Crippen LogP contribution in [0.5, 0.6) is 5.75 Å². The van der Waals surface area contributed by atoms with Crippen LogP contribution < -0.4 is 10.4 Å². The van der Waals surface area contributed by atoms with Crippen molar-refractivity contribution >= 4 is 5.97 Å². The summed E-state index contributed by atoms with van der Waals surface area (Å²) in [6, 6.07) is 5.02. The standard InChI is InChI=1S/C7H6O3.C5H11N/c8-6-3-1-5(2-4-6)7(9)10;1-2-4-6-5-3-1/h1-4,8H,(H,9,10);6H,1-5H2. The SMILES string of the molecule is C1CC[NH2+]CC1.O=C(O)c1ccc([O-])cc1. The zero-order valence-corrected chi connectivity index (χ0v) is 9.19. The molecule has 0 aliphatic carbocycles. The second-order valence-corrected chi connectivity index (χ2v) is 3.76. The second-order valence-electron chi connectivity index (χ2n) is 3.76. The van der Waals surface area contributed by atoms with Crippen molar-refractivity contribution < 1.29 is 20.3 Å². The number of piperidine rings is 1. The highest BCUT2D eigenvalue weighted by Crippen LogP contribution is 2.05. The van der Waals surface area contributed by atoms with Gasteiger partial charge in [-0.2, -0.15) is 0 Å². The number of carbonyl (C=O) groups is 1. The van der Waals surface area contributed by atoms with Crippen LogP contribution in [-0.2, 0) is 0 Å². The first-order valence-corrected chi connectivity index (χ1v) is 5.52. The van der Waals surface area contributed by atoms with Crippen LogP contribution in [0.25, 0.3) is 0 Å². The predicted octanol–water partition coefficient (Wildman–Crippen LogP) is 0.192. The summed E-state index contributed by atoms with van der Waals surface area (Å²) in [6.45, 7) is 2.75. The Labute approximate surface area is 94.9 Å². The summed E-state index contributed by atoms with van der Waals surface area (Å²) in [5.41, 5.74) is 0.139. The quantitative estimate of drug-likeness (QED) is 0.713. The maximum Gasteiger partial charge on any atom is 0.335 e. The first kappa shape index (κ1) is 12.5. The second kappa shape index (κ2) is 6.85. The summed E-state index contributed by atoms with van der Waals surface area (Å²) in [5.74, 6) is -1.19. The molecule has 0 radical (unpaired) electrons. The molecule has 88 valence electrons. The lowest BCUT2D eigenvalue weighted by atomic mass is 10.2. The summed E-state index contributed by atoms with van der Waals surface area (Å²) in [6.07, 6.45) is 4.36. The van der Waals surface area contributed by atoms with Crippen LogP contribution in [0.3, 0.4) is 0 Å². The van der Waals surface area contributed by atoms with Crippen LogP contribution in [0.15, 0.2) is 24.3 Å². The van der Waals surface area contributed by atoms with Gasteiger partial charge in [0.15, 0.2) is 0 Å². The van der Waals surface area contributed by atoms with Gasteiger partial charge in [-0.05, 0) is 31.4 Å². The zero-order chi connectivity index (χ0) is 11.8. The first-order chi connectivity index (χ1) is 7.70. The number of carboxylic acids is 1. The van der Waals surface area contributed by atoms with Gasteiger partial charge in [0, 0.05) is 0 Å². The van der Waals surface area contributed by atoms with Crippen molar-refractivity contribution in [2.75, 3.05) is 13.1 Å². The fourth-order valence-corrected chi connectivity index (χ4v) is 1.50. The molecule has 1 aromatic rings. The van der Waals surface area contributed by atoms with Gasteiger partial charge in [-0.25, -0.2) is 4.79 Å². The lowest BCUT2D eigenvalue weighted by molar-refractivity contribution is -0.662. The third-order valence-corrected chi connectivity index (χ3v) is 2.42. The molecule has 1 aliphatic heterocycles. The van der Waals surface area contributed by atoms with Gasteiger partial charge in [-0.1, -0.05) is 12.1 Å². The summed E-state index contributed by atoms with van der Waals surface area (Å²) in [4.78, 5) is 10.2. The Balaban J connectivity index is 0.000000181. The van der Waals surface area contributed by atoms with Crippen molar-refractivity contribution in [3.63, 3.8) is 0 Å². The van der Waals surface area contributed by atoms with Crippen molar-refractivity contribution in [3.05, 3.63) is 29.8 Å². The molecule has 0 unspecified atom stereocenters. The topological polar surface area (TPSA) is 77.0 Å². The third-order valence-electron chi connectivity index (χ3n) is 2.42. The van der Waals surface area contributed by atoms with E-state index in [9.17, 15) is 9.90 Å². The van der Waals surface area contributed by atoms with Gasteiger partial charge >= 0.3 is 5.97 Å². The molecule has 0 atom stereocenters. The Morgan fingerprint density at radius 1 is 1.12 bits per heavy atom. The Bertz CT molecular complexity index is 306. The van der Waals surface area contributed by atoms with E-state index in [0.717, 1.165) is 0 Å². The smallest absolute Gasteiger partial charge is 0.335 e. The van der Waals surface area contributed by atoms with E-state index in [1.165, 1.54) is 56.6 Å². The van der Waals surface area contributed by atoms with Crippen molar-refractivity contribution in [2.24, 2.45) is 0 Å². The highest BCUT2D eigenvalue weighted by Gasteiger charge is 1.98. The largest absolute Gasteiger partial charge is 0.872 e. The average Bonchev–Trinajstić information content (AvgIpc) is 2.32. The normalized spacial score (nSPS) is 14.8. The van der Waals surface area contributed by atoms with E-state index < -0.39 is 5.97 Å². The van der Waals surface area contributed by atoms with Gasteiger partial charge in [-0.15, -0.1) is 5.75 Å². The van der Waals surface area contributed by atoms with E-state index >= 15 is 0 Å². The van der Waals surface area contributed by atoms with Crippen LogP contribution in [0.4, 0.5) is 0 Å². The summed E-state index contributed by atoms with van der Waals surface area (Å²) in [5, 5.41) is 21.2. The Kier molecular flexibility index (Phi) is 5.36. The van der Waals surface area contributed by atoms with Gasteiger partial charge < -0.3 is 15.5 Å². The van der Waals surface area contributed by atoms with E-state index in [1.807, 2.05) is 0 Å². The van der Waals surface area contributed by atoms with E-state index in [4.69, 9.17) is 5.11 Å².